The van der Waals surface area contributed by atoms with Gasteiger partial charge in [0, 0.05) is 24.1 Å². The van der Waals surface area contributed by atoms with Gasteiger partial charge in [-0.15, -0.1) is 11.3 Å². The first-order chi connectivity index (χ1) is 17.9. The summed E-state index contributed by atoms with van der Waals surface area (Å²) in [5, 5.41) is 26.6. The number of aliphatic hydroxyl groups is 2. The molecule has 4 saturated carbocycles. The summed E-state index contributed by atoms with van der Waals surface area (Å²) in [6, 6.07) is 4.12. The molecule has 38 heavy (non-hydrogen) atoms. The number of aliphatic hydroxyl groups excluding tert-OH is 2. The Morgan fingerprint density at radius 2 is 1.89 bits per heavy atom. The predicted molar refractivity (Wildman–Crippen MR) is 155 cm³/mol. The molecular weight excluding hydrogens is 562 g/mol. The van der Waals surface area contributed by atoms with Crippen molar-refractivity contribution in [1.29, 1.82) is 0 Å². The SMILES string of the molecule is CC(C)C(NC(=O)C[C@@H](C)C1CC[C@H]2[C@@H]3[C@H](O)C[C@@H]4CC(=O)CC[C@]4(C)[C@H]3C[C@H](O)[C@]12C)c1ccc(Br)s1. The standard InChI is InChI=1S/C31H46BrNO4S/c1-16(2)29(24-8-9-26(32)38-24)33-27(37)12-17(3)20-6-7-21-28-22(15-25(36)31(20,21)5)30(4)11-10-19(34)13-18(30)14-23(28)35/h8-9,16-18,20-23,25,28-29,35-36H,6-7,10-15H2,1-5H3,(H,33,37)/t17-,18+,20?,21+,22+,23-,25+,28+,29?,30+,31-/m1/s1. The quantitative estimate of drug-likeness (QED) is 0.343. The van der Waals surface area contributed by atoms with Gasteiger partial charge in [-0.3, -0.25) is 9.59 Å². The van der Waals surface area contributed by atoms with E-state index >= 15 is 0 Å². The molecule has 0 radical (unpaired) electrons. The topological polar surface area (TPSA) is 86.6 Å². The third-order valence-corrected chi connectivity index (χ3v) is 13.5. The van der Waals surface area contributed by atoms with E-state index in [1.54, 1.807) is 11.3 Å². The van der Waals surface area contributed by atoms with Crippen LogP contribution < -0.4 is 5.32 Å². The molecule has 1 heterocycles. The summed E-state index contributed by atoms with van der Waals surface area (Å²) < 4.78 is 1.07. The monoisotopic (exact) mass is 607 g/mol. The minimum atomic E-state index is -0.445. The number of hydrogen-bond acceptors (Lipinski definition) is 5. The molecule has 5 nitrogen and oxygen atoms in total. The summed E-state index contributed by atoms with van der Waals surface area (Å²) in [7, 11) is 0. The Morgan fingerprint density at radius 3 is 2.55 bits per heavy atom. The third kappa shape index (κ3) is 4.75. The Kier molecular flexibility index (Phi) is 8.00. The van der Waals surface area contributed by atoms with Crippen LogP contribution >= 0.6 is 27.3 Å². The van der Waals surface area contributed by atoms with Crippen LogP contribution in [0, 0.1) is 52.3 Å². The average Bonchev–Trinajstić information content (AvgIpc) is 3.43. The number of Topliss-reactive ketones (excluding diaryl/α,β-unsaturated/α-hetero) is 1. The highest BCUT2D eigenvalue weighted by molar-refractivity contribution is 9.11. The van der Waals surface area contributed by atoms with Crippen LogP contribution in [0.15, 0.2) is 15.9 Å². The van der Waals surface area contributed by atoms with Crippen LogP contribution in [0.3, 0.4) is 0 Å². The molecule has 0 aliphatic heterocycles. The fraction of sp³-hybridized carbons (Fsp3) is 0.806. The van der Waals surface area contributed by atoms with E-state index in [2.05, 4.69) is 61.9 Å². The molecule has 1 aromatic rings. The molecule has 0 aromatic carbocycles. The van der Waals surface area contributed by atoms with Crippen molar-refractivity contribution < 1.29 is 19.8 Å². The highest BCUT2D eigenvalue weighted by Crippen LogP contribution is 2.68. The van der Waals surface area contributed by atoms with Crippen LogP contribution in [0.25, 0.3) is 0 Å². The highest BCUT2D eigenvalue weighted by Gasteiger charge is 2.65. The van der Waals surface area contributed by atoms with E-state index in [1.165, 1.54) is 0 Å². The van der Waals surface area contributed by atoms with Gasteiger partial charge < -0.3 is 15.5 Å². The zero-order chi connectivity index (χ0) is 27.6. The number of fused-ring (bicyclic) bond motifs is 5. The maximum atomic E-state index is 13.3. The zero-order valence-corrected chi connectivity index (χ0v) is 26.0. The second kappa shape index (κ2) is 10.6. The minimum Gasteiger partial charge on any atom is -0.393 e. The van der Waals surface area contributed by atoms with Gasteiger partial charge in [0.25, 0.3) is 0 Å². The number of rotatable bonds is 6. The van der Waals surface area contributed by atoms with Crippen molar-refractivity contribution in [2.45, 2.75) is 104 Å². The lowest BCUT2D eigenvalue weighted by molar-refractivity contribution is -0.201. The molecule has 5 rings (SSSR count). The van der Waals surface area contributed by atoms with Crippen LogP contribution in [0.2, 0.25) is 0 Å². The Bertz CT molecular complexity index is 1060. The first-order valence-electron chi connectivity index (χ1n) is 14.8. The molecule has 212 valence electrons. The lowest BCUT2D eigenvalue weighted by atomic mass is 9.43. The number of ketones is 1. The largest absolute Gasteiger partial charge is 0.393 e. The fourth-order valence-electron chi connectivity index (χ4n) is 9.67. The maximum Gasteiger partial charge on any atom is 0.220 e. The molecule has 0 saturated heterocycles. The molecule has 1 amide bonds. The zero-order valence-electron chi connectivity index (χ0n) is 23.6. The van der Waals surface area contributed by atoms with E-state index in [0.29, 0.717) is 43.8 Å². The second-order valence-electron chi connectivity index (χ2n) is 14.0. The Morgan fingerprint density at radius 1 is 1.16 bits per heavy atom. The lowest BCUT2D eigenvalue weighted by Gasteiger charge is -2.63. The summed E-state index contributed by atoms with van der Waals surface area (Å²) in [4.78, 5) is 26.7. The molecule has 0 bridgehead atoms. The second-order valence-corrected chi connectivity index (χ2v) is 16.4. The molecule has 4 fully saturated rings. The molecule has 1 aromatic heterocycles. The molecule has 0 spiro atoms. The van der Waals surface area contributed by atoms with Crippen LogP contribution in [0.4, 0.5) is 0 Å². The number of halogens is 1. The number of carbonyl (C=O) groups excluding carboxylic acids is 2. The summed E-state index contributed by atoms with van der Waals surface area (Å²) in [5.74, 6) is 2.01. The van der Waals surface area contributed by atoms with E-state index in [0.717, 1.165) is 27.9 Å². The van der Waals surface area contributed by atoms with Crippen LogP contribution in [-0.4, -0.2) is 34.1 Å². The third-order valence-electron chi connectivity index (χ3n) is 11.8. The van der Waals surface area contributed by atoms with Crippen LogP contribution in [0.1, 0.15) is 96.9 Å². The summed E-state index contributed by atoms with van der Waals surface area (Å²) in [6.45, 7) is 11.0. The first kappa shape index (κ1) is 28.8. The summed E-state index contributed by atoms with van der Waals surface area (Å²) in [6.07, 6.45) is 5.12. The molecule has 4 aliphatic carbocycles. The van der Waals surface area contributed by atoms with Crippen LogP contribution in [-0.2, 0) is 9.59 Å². The Balaban J connectivity index is 1.31. The molecule has 2 unspecified atom stereocenters. The van der Waals surface area contributed by atoms with Crippen molar-refractivity contribution in [1.82, 2.24) is 5.32 Å². The smallest absolute Gasteiger partial charge is 0.220 e. The van der Waals surface area contributed by atoms with Gasteiger partial charge >= 0.3 is 0 Å². The van der Waals surface area contributed by atoms with Gasteiger partial charge in [-0.2, -0.15) is 0 Å². The van der Waals surface area contributed by atoms with Gasteiger partial charge in [0.15, 0.2) is 0 Å². The van der Waals surface area contributed by atoms with Gasteiger partial charge in [-0.25, -0.2) is 0 Å². The van der Waals surface area contributed by atoms with E-state index < -0.39 is 12.2 Å². The molecule has 3 N–H and O–H groups in total. The normalized spacial score (nSPS) is 42.2. The van der Waals surface area contributed by atoms with Crippen LogP contribution in [0.5, 0.6) is 0 Å². The van der Waals surface area contributed by atoms with Crippen molar-refractivity contribution in [2.75, 3.05) is 0 Å². The minimum absolute atomic E-state index is 0.00704. The Labute approximate surface area is 240 Å². The molecular formula is C31H46BrNO4S. The van der Waals surface area contributed by atoms with Gasteiger partial charge in [0.2, 0.25) is 5.91 Å². The van der Waals surface area contributed by atoms with Crippen molar-refractivity contribution in [3.05, 3.63) is 20.8 Å². The van der Waals surface area contributed by atoms with Crippen molar-refractivity contribution in [3.63, 3.8) is 0 Å². The van der Waals surface area contributed by atoms with Crippen molar-refractivity contribution >= 4 is 39.0 Å². The van der Waals surface area contributed by atoms with Crippen molar-refractivity contribution in [2.24, 2.45) is 52.3 Å². The number of amides is 1. The molecule has 11 atom stereocenters. The first-order valence-corrected chi connectivity index (χ1v) is 16.4. The van der Waals surface area contributed by atoms with Gasteiger partial charge in [0.1, 0.15) is 5.78 Å². The van der Waals surface area contributed by atoms with E-state index in [-0.39, 0.29) is 58.3 Å². The highest BCUT2D eigenvalue weighted by atomic mass is 79.9. The van der Waals surface area contributed by atoms with E-state index in [9.17, 15) is 19.8 Å². The molecule has 4 aliphatic rings. The summed E-state index contributed by atoms with van der Waals surface area (Å²) in [5.41, 5.74) is -0.280. The van der Waals surface area contributed by atoms with Gasteiger partial charge in [-0.1, -0.05) is 34.6 Å². The van der Waals surface area contributed by atoms with E-state index in [1.807, 2.05) is 6.07 Å². The average molecular weight is 609 g/mol. The Hall–Kier alpha value is -0.760. The molecule has 7 heteroatoms. The summed E-state index contributed by atoms with van der Waals surface area (Å²) >= 11 is 5.22. The van der Waals surface area contributed by atoms with Crippen molar-refractivity contribution in [3.8, 4) is 0 Å². The fourth-order valence-corrected chi connectivity index (χ4v) is 11.3. The van der Waals surface area contributed by atoms with Gasteiger partial charge in [0.05, 0.1) is 22.0 Å². The van der Waals surface area contributed by atoms with Gasteiger partial charge in [-0.05, 0) is 112 Å². The maximum absolute atomic E-state index is 13.3. The number of hydrogen-bond donors (Lipinski definition) is 3. The number of nitrogens with one attached hydrogen (secondary N) is 1. The lowest BCUT2D eigenvalue weighted by Crippen LogP contribution is -2.62. The predicted octanol–water partition coefficient (Wildman–Crippen LogP) is 6.52. The van der Waals surface area contributed by atoms with E-state index in [4.69, 9.17) is 0 Å². The number of carbonyl (C=O) groups is 2. The number of thiophene rings is 1.